The number of nitrogens with one attached hydrogen (secondary N) is 1. The molecule has 2 saturated heterocycles. The van der Waals surface area contributed by atoms with Crippen LogP contribution < -0.4 is 5.32 Å². The van der Waals surface area contributed by atoms with E-state index in [2.05, 4.69) is 37.4 Å². The molecule has 0 saturated carbocycles. The van der Waals surface area contributed by atoms with Crippen LogP contribution in [0.2, 0.25) is 0 Å². The molecular weight excluding hydrogens is 314 g/mol. The van der Waals surface area contributed by atoms with E-state index < -0.39 is 0 Å². The van der Waals surface area contributed by atoms with Gasteiger partial charge in [-0.2, -0.15) is 0 Å². The van der Waals surface area contributed by atoms with Gasteiger partial charge in [-0.1, -0.05) is 18.2 Å². The monoisotopic (exact) mass is 345 g/mol. The average molecular weight is 345 g/mol. The second-order valence-corrected chi connectivity index (χ2v) is 7.57. The number of hydrogen-bond acceptors (Lipinski definition) is 3. The van der Waals surface area contributed by atoms with Gasteiger partial charge in [-0.3, -0.25) is 4.79 Å². The Labute approximate surface area is 151 Å². The highest BCUT2D eigenvalue weighted by Gasteiger charge is 2.34. The summed E-state index contributed by atoms with van der Waals surface area (Å²) in [5, 5.41) is 3.30. The van der Waals surface area contributed by atoms with Crippen molar-refractivity contribution in [3.05, 3.63) is 34.9 Å². The van der Waals surface area contributed by atoms with Crippen molar-refractivity contribution < 1.29 is 14.3 Å². The maximum absolute atomic E-state index is 12.5. The van der Waals surface area contributed by atoms with Gasteiger partial charge in [0.25, 0.3) is 0 Å². The van der Waals surface area contributed by atoms with E-state index in [-0.39, 0.29) is 11.9 Å². The summed E-state index contributed by atoms with van der Waals surface area (Å²) in [5.41, 5.74) is 3.84. The van der Waals surface area contributed by atoms with Crippen molar-refractivity contribution in [3.8, 4) is 0 Å². The van der Waals surface area contributed by atoms with Gasteiger partial charge < -0.3 is 14.8 Å². The van der Waals surface area contributed by atoms with E-state index in [0.29, 0.717) is 18.3 Å². The Morgan fingerprint density at radius 3 is 2.60 bits per heavy atom. The van der Waals surface area contributed by atoms with Crippen LogP contribution in [0, 0.1) is 25.7 Å². The number of hydrogen-bond donors (Lipinski definition) is 1. The highest BCUT2D eigenvalue weighted by atomic mass is 16.5. The second-order valence-electron chi connectivity index (χ2n) is 7.57. The maximum Gasteiger partial charge on any atom is 0.220 e. The molecule has 2 fully saturated rings. The molecule has 0 spiro atoms. The Bertz CT molecular complexity index is 581. The molecule has 4 heteroatoms. The van der Waals surface area contributed by atoms with E-state index in [1.54, 1.807) is 0 Å². The zero-order valence-corrected chi connectivity index (χ0v) is 15.6. The molecule has 2 heterocycles. The van der Waals surface area contributed by atoms with Crippen LogP contribution in [-0.2, 0) is 20.7 Å². The summed E-state index contributed by atoms with van der Waals surface area (Å²) >= 11 is 0. The second kappa shape index (κ2) is 8.81. The van der Waals surface area contributed by atoms with Crippen LogP contribution in [0.25, 0.3) is 0 Å². The molecule has 1 amide bonds. The topological polar surface area (TPSA) is 47.6 Å². The van der Waals surface area contributed by atoms with Crippen LogP contribution in [0.5, 0.6) is 0 Å². The summed E-state index contributed by atoms with van der Waals surface area (Å²) < 4.78 is 11.2. The first-order valence-corrected chi connectivity index (χ1v) is 9.64. The molecule has 3 rings (SSSR count). The first kappa shape index (κ1) is 18.4. The van der Waals surface area contributed by atoms with E-state index in [1.165, 1.54) is 16.7 Å². The summed E-state index contributed by atoms with van der Waals surface area (Å²) in [4.78, 5) is 12.5. The molecule has 0 unspecified atom stereocenters. The number of carbonyl (C=O) groups is 1. The zero-order chi connectivity index (χ0) is 17.6. The Hall–Kier alpha value is -1.39. The number of benzene rings is 1. The molecule has 4 nitrogen and oxygen atoms in total. The highest BCUT2D eigenvalue weighted by molar-refractivity contribution is 5.76. The minimum atomic E-state index is 0.169. The number of amides is 1. The van der Waals surface area contributed by atoms with E-state index >= 15 is 0 Å². The standard InChI is InChI=1S/C21H31NO3/c1-15-3-4-17(13-16(15)2)5-6-21(23)22-20-9-12-25-14-19(20)18-7-10-24-11-8-18/h3-4,13,18-20H,5-12,14H2,1-2H3,(H,22,23)/t19-,20-/m1/s1. The predicted molar refractivity (Wildman–Crippen MR) is 98.6 cm³/mol. The lowest BCUT2D eigenvalue weighted by molar-refractivity contribution is -0.123. The molecule has 0 aromatic heterocycles. The summed E-state index contributed by atoms with van der Waals surface area (Å²) in [5.74, 6) is 1.21. The highest BCUT2D eigenvalue weighted by Crippen LogP contribution is 2.30. The third kappa shape index (κ3) is 5.05. The summed E-state index contributed by atoms with van der Waals surface area (Å²) in [6, 6.07) is 6.73. The molecule has 1 N–H and O–H groups in total. The molecular formula is C21H31NO3. The van der Waals surface area contributed by atoms with Crippen LogP contribution >= 0.6 is 0 Å². The fraction of sp³-hybridized carbons (Fsp3) is 0.667. The fourth-order valence-electron chi connectivity index (χ4n) is 4.04. The van der Waals surface area contributed by atoms with Crippen molar-refractivity contribution in [2.45, 2.75) is 52.0 Å². The summed E-state index contributed by atoms with van der Waals surface area (Å²) in [6.07, 6.45) is 4.46. The molecule has 138 valence electrons. The van der Waals surface area contributed by atoms with E-state index in [1.807, 2.05) is 0 Å². The van der Waals surface area contributed by atoms with Crippen molar-refractivity contribution in [2.24, 2.45) is 11.8 Å². The lowest BCUT2D eigenvalue weighted by Crippen LogP contribution is -2.49. The molecule has 2 aliphatic heterocycles. The van der Waals surface area contributed by atoms with Crippen molar-refractivity contribution >= 4 is 5.91 Å². The van der Waals surface area contributed by atoms with Crippen LogP contribution in [0.15, 0.2) is 18.2 Å². The quantitative estimate of drug-likeness (QED) is 0.891. The van der Waals surface area contributed by atoms with E-state index in [0.717, 1.165) is 52.1 Å². The smallest absolute Gasteiger partial charge is 0.220 e. The molecule has 1 aromatic rings. The predicted octanol–water partition coefficient (Wildman–Crippen LogP) is 3.18. The summed E-state index contributed by atoms with van der Waals surface area (Å²) in [6.45, 7) is 7.45. The molecule has 2 aliphatic rings. The van der Waals surface area contributed by atoms with Crippen LogP contribution in [0.4, 0.5) is 0 Å². The molecule has 0 aliphatic carbocycles. The van der Waals surface area contributed by atoms with Crippen molar-refractivity contribution in [2.75, 3.05) is 26.4 Å². The molecule has 0 bridgehead atoms. The molecule has 25 heavy (non-hydrogen) atoms. The molecule has 2 atom stereocenters. The van der Waals surface area contributed by atoms with Gasteiger partial charge in [-0.25, -0.2) is 0 Å². The van der Waals surface area contributed by atoms with Crippen LogP contribution in [0.1, 0.15) is 42.4 Å². The third-order valence-corrected chi connectivity index (χ3v) is 5.83. The first-order chi connectivity index (χ1) is 12.1. The molecule has 0 radical (unpaired) electrons. The van der Waals surface area contributed by atoms with E-state index in [4.69, 9.17) is 9.47 Å². The average Bonchev–Trinajstić information content (AvgIpc) is 2.64. The number of ether oxygens (including phenoxy) is 2. The van der Waals surface area contributed by atoms with Gasteiger partial charge in [0.15, 0.2) is 0 Å². The van der Waals surface area contributed by atoms with Crippen molar-refractivity contribution in [3.63, 3.8) is 0 Å². The van der Waals surface area contributed by atoms with Gasteiger partial charge >= 0.3 is 0 Å². The maximum atomic E-state index is 12.5. The van der Waals surface area contributed by atoms with Gasteiger partial charge in [0.1, 0.15) is 0 Å². The minimum absolute atomic E-state index is 0.169. The number of carbonyl (C=O) groups excluding carboxylic acids is 1. The lowest BCUT2D eigenvalue weighted by atomic mass is 9.79. The number of rotatable bonds is 5. The third-order valence-electron chi connectivity index (χ3n) is 5.83. The van der Waals surface area contributed by atoms with Gasteiger partial charge in [0.2, 0.25) is 5.91 Å². The Morgan fingerprint density at radius 2 is 1.84 bits per heavy atom. The largest absolute Gasteiger partial charge is 0.381 e. The molecule has 1 aromatic carbocycles. The zero-order valence-electron chi connectivity index (χ0n) is 15.6. The van der Waals surface area contributed by atoms with Crippen LogP contribution in [-0.4, -0.2) is 38.4 Å². The van der Waals surface area contributed by atoms with Crippen LogP contribution in [0.3, 0.4) is 0 Å². The Balaban J connectivity index is 1.52. The van der Waals surface area contributed by atoms with Crippen molar-refractivity contribution in [1.29, 1.82) is 0 Å². The van der Waals surface area contributed by atoms with Gasteiger partial charge in [0.05, 0.1) is 6.61 Å². The first-order valence-electron chi connectivity index (χ1n) is 9.64. The van der Waals surface area contributed by atoms with Crippen molar-refractivity contribution in [1.82, 2.24) is 5.32 Å². The fourth-order valence-corrected chi connectivity index (χ4v) is 4.04. The number of aryl methyl sites for hydroxylation is 3. The van der Waals surface area contributed by atoms with Gasteiger partial charge in [-0.15, -0.1) is 0 Å². The normalized spacial score (nSPS) is 24.9. The van der Waals surface area contributed by atoms with Gasteiger partial charge in [-0.05, 0) is 62.1 Å². The van der Waals surface area contributed by atoms with E-state index in [9.17, 15) is 4.79 Å². The minimum Gasteiger partial charge on any atom is -0.381 e. The lowest BCUT2D eigenvalue weighted by Gasteiger charge is -2.39. The Kier molecular flexibility index (Phi) is 6.49. The summed E-state index contributed by atoms with van der Waals surface area (Å²) in [7, 11) is 0. The Morgan fingerprint density at radius 1 is 1.08 bits per heavy atom. The van der Waals surface area contributed by atoms with Gasteiger partial charge in [0, 0.05) is 38.2 Å². The SMILES string of the molecule is Cc1ccc(CCC(=O)N[C@@H]2CCOC[C@@H]2C2CCOCC2)cc1C.